The fourth-order valence-corrected chi connectivity index (χ4v) is 6.89. The highest BCUT2D eigenvalue weighted by molar-refractivity contribution is 7.34. The molecule has 2 aliphatic heterocycles. The van der Waals surface area contributed by atoms with Gasteiger partial charge in [0.15, 0.2) is 4.88 Å². The van der Waals surface area contributed by atoms with Crippen LogP contribution in [0, 0.1) is 0 Å². The molecule has 5 nitrogen and oxygen atoms in total. The number of nitrogens with one attached hydrogen (secondary N) is 1. The molecule has 1 aromatic carbocycles. The third-order valence-electron chi connectivity index (χ3n) is 5.68. The number of fused-ring (bicyclic) bond motifs is 5. The van der Waals surface area contributed by atoms with Gasteiger partial charge in [0.1, 0.15) is 12.4 Å². The zero-order valence-electron chi connectivity index (χ0n) is 14.8. The fraction of sp³-hybridized carbons (Fsp3) is 0.368. The Kier molecular flexibility index (Phi) is 3.99. The molecule has 3 heterocycles. The van der Waals surface area contributed by atoms with E-state index in [1.165, 1.54) is 21.0 Å². The minimum Gasteiger partial charge on any atom is -0.362 e. The maximum atomic E-state index is 6.56. The second-order valence-electron chi connectivity index (χ2n) is 6.99. The zero-order chi connectivity index (χ0) is 17.8. The highest BCUT2D eigenvalue weighted by Crippen LogP contribution is 2.50. The van der Waals surface area contributed by atoms with E-state index in [4.69, 9.17) is 17.3 Å². The highest BCUT2D eigenvalue weighted by Gasteiger charge is 2.44. The van der Waals surface area contributed by atoms with Crippen LogP contribution in [0.5, 0.6) is 0 Å². The summed E-state index contributed by atoms with van der Waals surface area (Å²) >= 11 is 6.56. The Balaban J connectivity index is 1.66. The molecule has 2 unspecified atom stereocenters. The summed E-state index contributed by atoms with van der Waals surface area (Å²) in [6.45, 7) is 3.08. The Morgan fingerprint density at radius 2 is 2.15 bits per heavy atom. The van der Waals surface area contributed by atoms with Gasteiger partial charge in [-0.2, -0.15) is 0 Å². The molecule has 0 radical (unpaired) electrons. The fourth-order valence-electron chi connectivity index (χ4n) is 4.45. The molecular formula is C19H23ClN5S+. The van der Waals surface area contributed by atoms with Crippen molar-refractivity contribution in [3.05, 3.63) is 51.4 Å². The van der Waals surface area contributed by atoms with Crippen LogP contribution in [0.4, 0.5) is 10.7 Å². The minimum atomic E-state index is 0.121. The summed E-state index contributed by atoms with van der Waals surface area (Å²) in [4.78, 5) is 6.46. The standard InChI is InChI=1S/C19H23ClN5S/c1-26-17-8-4-5-13(17)14-9-23(16-7-3-2-6-15(16)20)10-18-24(19(14)26)12-22-25(18)11-21/h2-4,6-8,18,22H,5,9-12,21H2,1H3/q+1. The Labute approximate surface area is 161 Å². The van der Waals surface area contributed by atoms with E-state index >= 15 is 0 Å². The van der Waals surface area contributed by atoms with Crippen LogP contribution in [0.2, 0.25) is 5.02 Å². The number of hydrogen-bond acceptors (Lipinski definition) is 5. The second kappa shape index (κ2) is 6.25. The Hall–Kier alpha value is -1.57. The van der Waals surface area contributed by atoms with Crippen molar-refractivity contribution >= 4 is 38.8 Å². The summed E-state index contributed by atoms with van der Waals surface area (Å²) in [6.07, 6.45) is 8.25. The molecule has 136 valence electrons. The van der Waals surface area contributed by atoms with E-state index in [9.17, 15) is 0 Å². The average molecular weight is 389 g/mol. The van der Waals surface area contributed by atoms with Crippen molar-refractivity contribution in [3.63, 3.8) is 0 Å². The van der Waals surface area contributed by atoms with Gasteiger partial charge in [-0.3, -0.25) is 4.90 Å². The van der Waals surface area contributed by atoms with Crippen LogP contribution < -0.4 is 21.0 Å². The van der Waals surface area contributed by atoms with Gasteiger partial charge in [-0.1, -0.05) is 29.8 Å². The molecular weight excluding hydrogens is 366 g/mol. The molecule has 1 fully saturated rings. The summed E-state index contributed by atoms with van der Waals surface area (Å²) in [7, 11) is 0.121. The van der Waals surface area contributed by atoms with Crippen molar-refractivity contribution in [1.82, 2.24) is 10.4 Å². The number of anilines is 2. The molecule has 3 aliphatic rings. The van der Waals surface area contributed by atoms with Crippen molar-refractivity contribution in [2.45, 2.75) is 19.1 Å². The molecule has 26 heavy (non-hydrogen) atoms. The van der Waals surface area contributed by atoms with Crippen molar-refractivity contribution in [2.75, 3.05) is 29.7 Å². The van der Waals surface area contributed by atoms with Gasteiger partial charge in [-0.25, -0.2) is 10.4 Å². The predicted octanol–water partition coefficient (Wildman–Crippen LogP) is 3.04. The first-order chi connectivity index (χ1) is 12.7. The molecule has 0 saturated carbocycles. The summed E-state index contributed by atoms with van der Waals surface area (Å²) in [5.74, 6) is 0. The molecule has 2 aromatic rings. The lowest BCUT2D eigenvalue weighted by atomic mass is 10.1. The van der Waals surface area contributed by atoms with E-state index in [0.29, 0.717) is 6.67 Å². The molecule has 0 spiro atoms. The van der Waals surface area contributed by atoms with Gasteiger partial charge in [-0.15, -0.1) is 0 Å². The van der Waals surface area contributed by atoms with Crippen LogP contribution in [0.3, 0.4) is 0 Å². The first-order valence-electron chi connectivity index (χ1n) is 8.94. The largest absolute Gasteiger partial charge is 0.362 e. The quantitative estimate of drug-likeness (QED) is 0.774. The van der Waals surface area contributed by atoms with Gasteiger partial charge in [0, 0.05) is 16.0 Å². The highest BCUT2D eigenvalue weighted by atomic mass is 35.5. The normalized spacial score (nSPS) is 22.4. The summed E-state index contributed by atoms with van der Waals surface area (Å²) < 4.78 is 0. The van der Waals surface area contributed by atoms with Gasteiger partial charge in [0.2, 0.25) is 0 Å². The van der Waals surface area contributed by atoms with Crippen molar-refractivity contribution in [3.8, 4) is 0 Å². The topological polar surface area (TPSA) is 47.8 Å². The molecule has 1 aromatic heterocycles. The number of para-hydroxylation sites is 1. The van der Waals surface area contributed by atoms with Crippen LogP contribution in [0.1, 0.15) is 16.0 Å². The average Bonchev–Trinajstić information content (AvgIpc) is 3.30. The lowest BCUT2D eigenvalue weighted by Crippen LogP contribution is -2.49. The molecule has 1 aliphatic carbocycles. The molecule has 3 N–H and O–H groups in total. The molecule has 1 saturated heterocycles. The lowest BCUT2D eigenvalue weighted by Gasteiger charge is -2.31. The number of hydrazine groups is 1. The summed E-state index contributed by atoms with van der Waals surface area (Å²) in [6, 6.07) is 8.15. The van der Waals surface area contributed by atoms with Gasteiger partial charge in [0.25, 0.3) is 5.00 Å². The second-order valence-corrected chi connectivity index (χ2v) is 9.25. The maximum absolute atomic E-state index is 6.56. The Morgan fingerprint density at radius 3 is 2.96 bits per heavy atom. The number of allylic oxidation sites excluding steroid dienone is 1. The van der Waals surface area contributed by atoms with Gasteiger partial charge < -0.3 is 10.6 Å². The van der Waals surface area contributed by atoms with Crippen molar-refractivity contribution < 1.29 is 0 Å². The number of nitrogens with zero attached hydrogens (tertiary/aromatic N) is 3. The summed E-state index contributed by atoms with van der Waals surface area (Å²) in [5, 5.41) is 4.44. The van der Waals surface area contributed by atoms with Crippen LogP contribution in [0.25, 0.3) is 6.08 Å². The number of thiophene rings is 1. The van der Waals surface area contributed by atoms with Crippen molar-refractivity contribution in [1.29, 1.82) is 0 Å². The van der Waals surface area contributed by atoms with Crippen LogP contribution in [0.15, 0.2) is 30.3 Å². The van der Waals surface area contributed by atoms with Gasteiger partial charge in [-0.05, 0) is 24.6 Å². The monoisotopic (exact) mass is 388 g/mol. The lowest BCUT2D eigenvalue weighted by molar-refractivity contribution is 0.196. The number of rotatable bonds is 2. The van der Waals surface area contributed by atoms with Gasteiger partial charge >= 0.3 is 0 Å². The Bertz CT molecular complexity index is 892. The third kappa shape index (κ3) is 2.33. The molecule has 5 rings (SSSR count). The molecule has 0 bridgehead atoms. The van der Waals surface area contributed by atoms with Crippen LogP contribution in [-0.4, -0.2) is 31.1 Å². The molecule has 7 heteroatoms. The SMILES string of the molecule is C[s+]1c2c(c3c1N1CNN(CN)C1CN(c1ccccc1Cl)C3)CC=C2. The molecule has 2 atom stereocenters. The Morgan fingerprint density at radius 1 is 1.31 bits per heavy atom. The number of nitrogens with two attached hydrogens (primary N) is 1. The van der Waals surface area contributed by atoms with Crippen LogP contribution >= 0.6 is 22.1 Å². The first kappa shape index (κ1) is 16.6. The van der Waals surface area contributed by atoms with Crippen LogP contribution in [-0.2, 0) is 19.2 Å². The first-order valence-corrected chi connectivity index (χ1v) is 11.0. The number of halogens is 1. The van der Waals surface area contributed by atoms with E-state index in [1.807, 2.05) is 12.1 Å². The summed E-state index contributed by atoms with van der Waals surface area (Å²) in [5.41, 5.74) is 13.6. The van der Waals surface area contributed by atoms with E-state index in [1.54, 1.807) is 0 Å². The number of hydrogen-bond donors (Lipinski definition) is 2. The smallest absolute Gasteiger partial charge is 0.251 e. The predicted molar refractivity (Wildman–Crippen MR) is 110 cm³/mol. The number of benzene rings is 1. The van der Waals surface area contributed by atoms with Crippen molar-refractivity contribution in [2.24, 2.45) is 12.0 Å². The van der Waals surface area contributed by atoms with E-state index in [2.05, 4.69) is 50.8 Å². The maximum Gasteiger partial charge on any atom is 0.251 e. The van der Waals surface area contributed by atoms with E-state index in [-0.39, 0.29) is 16.6 Å². The minimum absolute atomic E-state index is 0.121. The zero-order valence-corrected chi connectivity index (χ0v) is 16.4. The van der Waals surface area contributed by atoms with E-state index < -0.39 is 0 Å². The molecule has 0 amide bonds. The van der Waals surface area contributed by atoms with Gasteiger partial charge in [0.05, 0.1) is 42.7 Å². The third-order valence-corrected chi connectivity index (χ3v) is 8.10. The van der Waals surface area contributed by atoms with E-state index in [0.717, 1.165) is 36.9 Å².